The first-order valence-corrected chi connectivity index (χ1v) is 15.5. The fraction of sp³-hybridized carbons (Fsp3) is 0.345. The van der Waals surface area contributed by atoms with Gasteiger partial charge in [-0.1, -0.05) is 31.3 Å². The largest absolute Gasteiger partial charge is 0.486 e. The minimum Gasteiger partial charge on any atom is -0.486 e. The first-order valence-electron chi connectivity index (χ1n) is 13.3. The van der Waals surface area contributed by atoms with Crippen molar-refractivity contribution in [2.75, 3.05) is 31.2 Å². The number of ether oxygens (including phenoxy) is 2. The van der Waals surface area contributed by atoms with E-state index < -0.39 is 10.0 Å². The van der Waals surface area contributed by atoms with Gasteiger partial charge in [0.15, 0.2) is 16.6 Å². The molecular formula is C29H30N4O5S2. The highest BCUT2D eigenvalue weighted by Gasteiger charge is 2.32. The minimum atomic E-state index is -3.65. The third kappa shape index (κ3) is 5.28. The highest BCUT2D eigenvalue weighted by Crippen LogP contribution is 2.39. The number of pyridine rings is 1. The molecule has 2 atom stereocenters. The van der Waals surface area contributed by atoms with Crippen LogP contribution >= 0.6 is 11.3 Å². The van der Waals surface area contributed by atoms with Crippen LogP contribution in [0.3, 0.4) is 0 Å². The van der Waals surface area contributed by atoms with Gasteiger partial charge in [-0.25, -0.2) is 13.4 Å². The van der Waals surface area contributed by atoms with E-state index in [1.54, 1.807) is 33.7 Å². The lowest BCUT2D eigenvalue weighted by Crippen LogP contribution is -2.42. The van der Waals surface area contributed by atoms with E-state index in [1.165, 1.54) is 23.5 Å². The molecular weight excluding hydrogens is 548 g/mol. The predicted molar refractivity (Wildman–Crippen MR) is 154 cm³/mol. The van der Waals surface area contributed by atoms with Crippen molar-refractivity contribution in [3.05, 3.63) is 72.1 Å². The van der Waals surface area contributed by atoms with Crippen molar-refractivity contribution in [3.8, 4) is 11.5 Å². The highest BCUT2D eigenvalue weighted by molar-refractivity contribution is 7.89. The van der Waals surface area contributed by atoms with E-state index in [1.807, 2.05) is 24.3 Å². The van der Waals surface area contributed by atoms with E-state index in [0.29, 0.717) is 65.8 Å². The summed E-state index contributed by atoms with van der Waals surface area (Å²) in [7, 11) is -3.65. The molecule has 11 heteroatoms. The van der Waals surface area contributed by atoms with Crippen LogP contribution in [0.2, 0.25) is 0 Å². The Hall–Kier alpha value is -3.54. The molecule has 6 rings (SSSR count). The number of sulfonamides is 1. The van der Waals surface area contributed by atoms with Crippen LogP contribution in [0, 0.1) is 11.8 Å². The monoisotopic (exact) mass is 578 g/mol. The van der Waals surface area contributed by atoms with Crippen LogP contribution in [0.25, 0.3) is 10.2 Å². The fourth-order valence-electron chi connectivity index (χ4n) is 5.35. The smallest absolute Gasteiger partial charge is 0.260 e. The normalized spacial score (nSPS) is 19.4. The Labute approximate surface area is 237 Å². The second kappa shape index (κ2) is 10.8. The topological polar surface area (TPSA) is 102 Å². The molecule has 0 saturated carbocycles. The molecule has 0 aliphatic carbocycles. The molecule has 2 unspecified atom stereocenters. The van der Waals surface area contributed by atoms with Gasteiger partial charge in [0.2, 0.25) is 10.0 Å². The average molecular weight is 579 g/mol. The molecule has 208 valence electrons. The van der Waals surface area contributed by atoms with Crippen molar-refractivity contribution in [1.82, 2.24) is 14.3 Å². The maximum absolute atomic E-state index is 13.9. The van der Waals surface area contributed by atoms with Crippen molar-refractivity contribution in [3.63, 3.8) is 0 Å². The predicted octanol–water partition coefficient (Wildman–Crippen LogP) is 4.98. The van der Waals surface area contributed by atoms with Gasteiger partial charge in [-0.05, 0) is 54.2 Å². The maximum Gasteiger partial charge on any atom is 0.260 e. The molecule has 1 amide bonds. The summed E-state index contributed by atoms with van der Waals surface area (Å²) in [6, 6.07) is 13.6. The third-order valence-electron chi connectivity index (χ3n) is 7.16. The van der Waals surface area contributed by atoms with Crippen LogP contribution in [0.4, 0.5) is 5.13 Å². The van der Waals surface area contributed by atoms with Crippen LogP contribution in [0.5, 0.6) is 11.5 Å². The molecule has 0 spiro atoms. The number of fused-ring (bicyclic) bond motifs is 2. The molecule has 4 heterocycles. The number of piperidine rings is 1. The lowest BCUT2D eigenvalue weighted by Gasteiger charge is -2.34. The van der Waals surface area contributed by atoms with Crippen molar-refractivity contribution in [2.45, 2.75) is 31.7 Å². The van der Waals surface area contributed by atoms with Gasteiger partial charge in [0.25, 0.3) is 5.91 Å². The van der Waals surface area contributed by atoms with Gasteiger partial charge in [0, 0.05) is 43.2 Å². The number of rotatable bonds is 6. The number of thiazole rings is 1. The summed E-state index contributed by atoms with van der Waals surface area (Å²) in [6.45, 7) is 6.37. The summed E-state index contributed by atoms with van der Waals surface area (Å²) in [5, 5.41) is 0.513. The van der Waals surface area contributed by atoms with Gasteiger partial charge < -0.3 is 9.47 Å². The van der Waals surface area contributed by atoms with E-state index in [9.17, 15) is 13.2 Å². The molecule has 2 aromatic carbocycles. The Morgan fingerprint density at radius 3 is 2.42 bits per heavy atom. The van der Waals surface area contributed by atoms with Crippen LogP contribution in [-0.2, 0) is 16.6 Å². The third-order valence-corrected chi connectivity index (χ3v) is 10.0. The van der Waals surface area contributed by atoms with Crippen molar-refractivity contribution in [2.24, 2.45) is 11.8 Å². The van der Waals surface area contributed by atoms with Crippen LogP contribution in [0.15, 0.2) is 65.8 Å². The van der Waals surface area contributed by atoms with Gasteiger partial charge >= 0.3 is 0 Å². The highest BCUT2D eigenvalue weighted by atomic mass is 32.2. The summed E-state index contributed by atoms with van der Waals surface area (Å²) in [5.74, 6) is 1.61. The Balaban J connectivity index is 1.32. The number of benzene rings is 2. The number of amides is 1. The number of hydrogen-bond donors (Lipinski definition) is 0. The molecule has 40 heavy (non-hydrogen) atoms. The number of hydrogen-bond acceptors (Lipinski definition) is 8. The first kappa shape index (κ1) is 26.7. The molecule has 1 saturated heterocycles. The SMILES string of the molecule is CC1CC(C)CN(S(=O)(=O)c2ccc(C(=O)N(Cc3cccnc3)c3nc4cc5c(cc4s3)OCCO5)cc2)C1. The van der Waals surface area contributed by atoms with E-state index in [0.717, 1.165) is 16.7 Å². The zero-order valence-corrected chi connectivity index (χ0v) is 24.0. The van der Waals surface area contributed by atoms with Crippen molar-refractivity contribution in [1.29, 1.82) is 0 Å². The first-order chi connectivity index (χ1) is 19.3. The lowest BCUT2D eigenvalue weighted by molar-refractivity contribution is 0.0985. The zero-order valence-electron chi connectivity index (χ0n) is 22.3. The van der Waals surface area contributed by atoms with E-state index in [4.69, 9.17) is 14.5 Å². The summed E-state index contributed by atoms with van der Waals surface area (Å²) in [6.07, 6.45) is 4.41. The second-order valence-corrected chi connectivity index (χ2v) is 13.5. The second-order valence-electron chi connectivity index (χ2n) is 10.5. The molecule has 2 aromatic heterocycles. The van der Waals surface area contributed by atoms with Crippen LogP contribution in [0.1, 0.15) is 36.2 Å². The summed E-state index contributed by atoms with van der Waals surface area (Å²) < 4.78 is 40.6. The molecule has 0 bridgehead atoms. The van der Waals surface area contributed by atoms with Gasteiger partial charge in [-0.2, -0.15) is 4.31 Å². The van der Waals surface area contributed by atoms with Gasteiger partial charge in [0.1, 0.15) is 13.2 Å². The van der Waals surface area contributed by atoms with Crippen LogP contribution < -0.4 is 14.4 Å². The summed E-state index contributed by atoms with van der Waals surface area (Å²) in [5.41, 5.74) is 1.92. The molecule has 2 aliphatic heterocycles. The van der Waals surface area contributed by atoms with Crippen molar-refractivity contribution < 1.29 is 22.7 Å². The maximum atomic E-state index is 13.9. The zero-order chi connectivity index (χ0) is 27.9. The Morgan fingerprint density at radius 1 is 1.05 bits per heavy atom. The summed E-state index contributed by atoms with van der Waals surface area (Å²) >= 11 is 1.38. The van der Waals surface area contributed by atoms with E-state index >= 15 is 0 Å². The Kier molecular flexibility index (Phi) is 7.20. The number of carbonyl (C=O) groups is 1. The van der Waals surface area contributed by atoms with E-state index in [2.05, 4.69) is 18.8 Å². The Morgan fingerprint density at radius 2 is 1.75 bits per heavy atom. The molecule has 0 N–H and O–H groups in total. The Bertz CT molecular complexity index is 1590. The molecule has 2 aliphatic rings. The molecule has 1 fully saturated rings. The molecule has 9 nitrogen and oxygen atoms in total. The summed E-state index contributed by atoms with van der Waals surface area (Å²) in [4.78, 5) is 24.6. The quantitative estimate of drug-likeness (QED) is 0.318. The van der Waals surface area contributed by atoms with Gasteiger partial charge in [0.05, 0.1) is 21.7 Å². The fourth-order valence-corrected chi connectivity index (χ4v) is 8.00. The number of nitrogens with zero attached hydrogens (tertiary/aromatic N) is 4. The number of carbonyl (C=O) groups excluding carboxylic acids is 1. The molecule has 0 radical (unpaired) electrons. The number of anilines is 1. The lowest BCUT2D eigenvalue weighted by atomic mass is 9.94. The number of aromatic nitrogens is 2. The van der Waals surface area contributed by atoms with Crippen molar-refractivity contribution >= 4 is 42.6 Å². The van der Waals surface area contributed by atoms with Crippen LogP contribution in [-0.4, -0.2) is 54.9 Å². The average Bonchev–Trinajstić information content (AvgIpc) is 3.37. The minimum absolute atomic E-state index is 0.190. The van der Waals surface area contributed by atoms with Gasteiger partial charge in [-0.15, -0.1) is 0 Å². The van der Waals surface area contributed by atoms with Gasteiger partial charge in [-0.3, -0.25) is 14.7 Å². The standard InChI is InChI=1S/C29H30N4O5S2/c1-19-12-20(2)17-32(16-19)40(35,36)23-7-5-22(6-8-23)28(34)33(18-21-4-3-9-30-15-21)29-31-24-13-25-26(14-27(24)39-29)38-11-10-37-25/h3-9,13-15,19-20H,10-12,16-18H2,1-2H3. The molecule has 4 aromatic rings. The van der Waals surface area contributed by atoms with E-state index in [-0.39, 0.29) is 17.3 Å².